The van der Waals surface area contributed by atoms with E-state index in [1.165, 1.54) is 18.5 Å². The summed E-state index contributed by atoms with van der Waals surface area (Å²) in [6, 6.07) is 15.0. The quantitative estimate of drug-likeness (QED) is 0.639. The predicted octanol–water partition coefficient (Wildman–Crippen LogP) is 3.03. The van der Waals surface area contributed by atoms with E-state index in [9.17, 15) is 4.39 Å². The minimum absolute atomic E-state index is 0.178. The largest absolute Gasteiger partial charge is 0.385 e. The number of benzene rings is 2. The van der Waals surface area contributed by atoms with Crippen molar-refractivity contribution < 1.29 is 4.39 Å². The number of anilines is 2. The Hall–Kier alpha value is -2.93. The number of hydrogen-bond donors (Lipinski definition) is 1. The smallest absolute Gasteiger partial charge is 0.138 e. The Balaban J connectivity index is 1.16. The molecule has 0 radical (unpaired) electrons. The van der Waals surface area contributed by atoms with Gasteiger partial charge in [-0.2, -0.15) is 5.10 Å². The Morgan fingerprint density at radius 3 is 2.29 bits per heavy atom. The van der Waals surface area contributed by atoms with Crippen molar-refractivity contribution in [3.05, 3.63) is 67.0 Å². The third-order valence-electron chi connectivity index (χ3n) is 5.09. The number of nitrogens with zero attached hydrogens (tertiary/aromatic N) is 5. The molecule has 1 N–H and O–H groups in total. The van der Waals surface area contributed by atoms with Crippen LogP contribution in [0.2, 0.25) is 0 Å². The fourth-order valence-electron chi connectivity index (χ4n) is 3.49. The third kappa shape index (κ3) is 4.67. The van der Waals surface area contributed by atoms with E-state index in [0.29, 0.717) is 0 Å². The van der Waals surface area contributed by atoms with Crippen LogP contribution in [0.5, 0.6) is 0 Å². The molecule has 0 atom stereocenters. The van der Waals surface area contributed by atoms with Crippen molar-refractivity contribution in [1.82, 2.24) is 19.7 Å². The van der Waals surface area contributed by atoms with Crippen molar-refractivity contribution in [3.8, 4) is 5.69 Å². The van der Waals surface area contributed by atoms with Crippen LogP contribution >= 0.6 is 0 Å². The molecule has 1 saturated heterocycles. The second-order valence-electron chi connectivity index (χ2n) is 6.97. The molecule has 1 aliphatic heterocycles. The van der Waals surface area contributed by atoms with Crippen LogP contribution in [0.3, 0.4) is 0 Å². The standard InChI is InChI=1S/C21H25FN6/c22-18-2-6-20(7-3-18)27-14-12-26(13-15-27)11-1-10-24-19-4-8-21(9-5-19)28-17-23-16-25-28/h2-9,16-17,24H,1,10-15H2. The highest BCUT2D eigenvalue weighted by Gasteiger charge is 2.16. The van der Waals surface area contributed by atoms with E-state index in [4.69, 9.17) is 0 Å². The van der Waals surface area contributed by atoms with E-state index in [1.54, 1.807) is 11.0 Å². The van der Waals surface area contributed by atoms with Crippen LogP contribution in [0.25, 0.3) is 5.69 Å². The zero-order valence-electron chi connectivity index (χ0n) is 15.8. The molecule has 1 aliphatic rings. The van der Waals surface area contributed by atoms with Gasteiger partial charge in [-0.05, 0) is 61.5 Å². The summed E-state index contributed by atoms with van der Waals surface area (Å²) >= 11 is 0. The lowest BCUT2D eigenvalue weighted by Gasteiger charge is -2.36. The summed E-state index contributed by atoms with van der Waals surface area (Å²) in [5.41, 5.74) is 3.23. The highest BCUT2D eigenvalue weighted by molar-refractivity contribution is 5.48. The molecule has 7 heteroatoms. The zero-order chi connectivity index (χ0) is 19.2. The first-order chi connectivity index (χ1) is 13.8. The van der Waals surface area contributed by atoms with Gasteiger partial charge in [-0.3, -0.25) is 4.90 Å². The number of aromatic nitrogens is 3. The van der Waals surface area contributed by atoms with Crippen molar-refractivity contribution in [2.24, 2.45) is 0 Å². The van der Waals surface area contributed by atoms with Crippen LogP contribution in [0.15, 0.2) is 61.2 Å². The molecule has 0 saturated carbocycles. The van der Waals surface area contributed by atoms with E-state index >= 15 is 0 Å². The Morgan fingerprint density at radius 2 is 1.61 bits per heavy atom. The average Bonchev–Trinajstić information content (AvgIpc) is 3.28. The molecule has 0 aliphatic carbocycles. The molecule has 0 unspecified atom stereocenters. The van der Waals surface area contributed by atoms with Gasteiger partial charge in [-0.1, -0.05) is 0 Å². The summed E-state index contributed by atoms with van der Waals surface area (Å²) in [5.74, 6) is -0.178. The van der Waals surface area contributed by atoms with Gasteiger partial charge >= 0.3 is 0 Å². The number of halogens is 1. The molecule has 1 fully saturated rings. The first-order valence-electron chi connectivity index (χ1n) is 9.70. The maximum absolute atomic E-state index is 13.1. The summed E-state index contributed by atoms with van der Waals surface area (Å²) in [4.78, 5) is 8.78. The Morgan fingerprint density at radius 1 is 0.893 bits per heavy atom. The fourth-order valence-corrected chi connectivity index (χ4v) is 3.49. The first kappa shape index (κ1) is 18.4. The molecule has 146 valence electrons. The second-order valence-corrected chi connectivity index (χ2v) is 6.97. The lowest BCUT2D eigenvalue weighted by Crippen LogP contribution is -2.46. The Bertz CT molecular complexity index is 840. The van der Waals surface area contributed by atoms with Crippen LogP contribution in [0.1, 0.15) is 6.42 Å². The van der Waals surface area contributed by atoms with Crippen molar-refractivity contribution >= 4 is 11.4 Å². The topological polar surface area (TPSA) is 49.2 Å². The van der Waals surface area contributed by atoms with E-state index in [1.807, 2.05) is 24.3 Å². The van der Waals surface area contributed by atoms with Crippen molar-refractivity contribution in [3.63, 3.8) is 0 Å². The summed E-state index contributed by atoms with van der Waals surface area (Å²) in [7, 11) is 0. The van der Waals surface area contributed by atoms with Crippen molar-refractivity contribution in [2.75, 3.05) is 49.5 Å². The predicted molar refractivity (Wildman–Crippen MR) is 110 cm³/mol. The van der Waals surface area contributed by atoms with E-state index in [0.717, 1.165) is 62.8 Å². The maximum Gasteiger partial charge on any atom is 0.138 e. The van der Waals surface area contributed by atoms with Gasteiger partial charge in [0.25, 0.3) is 0 Å². The molecule has 4 rings (SSSR count). The molecule has 3 aromatic rings. The number of hydrogen-bond acceptors (Lipinski definition) is 5. The molecule has 0 amide bonds. The minimum Gasteiger partial charge on any atom is -0.385 e. The van der Waals surface area contributed by atoms with E-state index in [2.05, 4.69) is 37.3 Å². The molecule has 28 heavy (non-hydrogen) atoms. The van der Waals surface area contributed by atoms with Crippen molar-refractivity contribution in [1.29, 1.82) is 0 Å². The molecule has 2 aromatic carbocycles. The lowest BCUT2D eigenvalue weighted by molar-refractivity contribution is 0.257. The molecule has 2 heterocycles. The number of piperazine rings is 1. The molecule has 6 nitrogen and oxygen atoms in total. The zero-order valence-corrected chi connectivity index (χ0v) is 15.8. The summed E-state index contributed by atoms with van der Waals surface area (Å²) in [5, 5.41) is 7.61. The van der Waals surface area contributed by atoms with Gasteiger partial charge in [0, 0.05) is 44.1 Å². The maximum atomic E-state index is 13.1. The van der Waals surface area contributed by atoms with Crippen LogP contribution in [-0.2, 0) is 0 Å². The Labute approximate surface area is 164 Å². The normalized spacial score (nSPS) is 15.0. The highest BCUT2D eigenvalue weighted by atomic mass is 19.1. The summed E-state index contributed by atoms with van der Waals surface area (Å²) in [6.07, 6.45) is 4.32. The molecule has 0 spiro atoms. The van der Waals surface area contributed by atoms with Gasteiger partial charge in [-0.25, -0.2) is 14.1 Å². The SMILES string of the molecule is Fc1ccc(N2CCN(CCCNc3ccc(-n4cncn4)cc3)CC2)cc1. The monoisotopic (exact) mass is 380 g/mol. The lowest BCUT2D eigenvalue weighted by atomic mass is 10.2. The minimum atomic E-state index is -0.178. The van der Waals surface area contributed by atoms with Crippen molar-refractivity contribution in [2.45, 2.75) is 6.42 Å². The van der Waals surface area contributed by atoms with Gasteiger partial charge in [0.1, 0.15) is 18.5 Å². The Kier molecular flexibility index (Phi) is 5.82. The second kappa shape index (κ2) is 8.84. The molecular formula is C21H25FN6. The van der Waals surface area contributed by atoms with E-state index < -0.39 is 0 Å². The molecule has 0 bridgehead atoms. The van der Waals surface area contributed by atoms with Crippen LogP contribution in [-0.4, -0.2) is 58.9 Å². The average molecular weight is 380 g/mol. The fraction of sp³-hybridized carbons (Fsp3) is 0.333. The first-order valence-corrected chi connectivity index (χ1v) is 9.70. The summed E-state index contributed by atoms with van der Waals surface area (Å²) < 4.78 is 14.8. The van der Waals surface area contributed by atoms with Gasteiger partial charge in [0.15, 0.2) is 0 Å². The molecule has 1 aromatic heterocycles. The van der Waals surface area contributed by atoms with Gasteiger partial charge in [0.05, 0.1) is 5.69 Å². The van der Waals surface area contributed by atoms with Gasteiger partial charge < -0.3 is 10.2 Å². The van der Waals surface area contributed by atoms with Crippen LogP contribution in [0, 0.1) is 5.82 Å². The van der Waals surface area contributed by atoms with E-state index in [-0.39, 0.29) is 5.82 Å². The van der Waals surface area contributed by atoms with Gasteiger partial charge in [0.2, 0.25) is 0 Å². The highest BCUT2D eigenvalue weighted by Crippen LogP contribution is 2.17. The number of nitrogens with one attached hydrogen (secondary N) is 1. The summed E-state index contributed by atoms with van der Waals surface area (Å²) in [6.45, 7) is 6.10. The number of rotatable bonds is 7. The third-order valence-corrected chi connectivity index (χ3v) is 5.09. The van der Waals surface area contributed by atoms with Gasteiger partial charge in [-0.15, -0.1) is 0 Å². The molecular weight excluding hydrogens is 355 g/mol. The van der Waals surface area contributed by atoms with Crippen LogP contribution in [0.4, 0.5) is 15.8 Å². The van der Waals surface area contributed by atoms with Crippen LogP contribution < -0.4 is 10.2 Å².